The molecule has 0 unspecified atom stereocenters. The number of halogens is 4. The highest BCUT2D eigenvalue weighted by atomic mass is 19.2. The van der Waals surface area contributed by atoms with Gasteiger partial charge in [0.15, 0.2) is 11.6 Å². The molecule has 0 aliphatic carbocycles. The number of benzene rings is 3. The third kappa shape index (κ3) is 4.35. The van der Waals surface area contributed by atoms with Crippen LogP contribution in [-0.2, 0) is 6.54 Å². The van der Waals surface area contributed by atoms with Crippen LogP contribution in [0.3, 0.4) is 0 Å². The highest BCUT2D eigenvalue weighted by Crippen LogP contribution is 2.30. The first kappa shape index (κ1) is 21.1. The Kier molecular flexibility index (Phi) is 6.20. The predicted molar refractivity (Wildman–Crippen MR) is 103 cm³/mol. The predicted octanol–water partition coefficient (Wildman–Crippen LogP) is 2.65. The Balaban J connectivity index is 1.87. The molecule has 1 N–H and O–H groups in total. The van der Waals surface area contributed by atoms with Gasteiger partial charge in [0.2, 0.25) is 17.4 Å². The fourth-order valence-electron chi connectivity index (χ4n) is 2.69. The molecule has 9 heteroatoms. The molecule has 30 heavy (non-hydrogen) atoms. The third-order valence-electron chi connectivity index (χ3n) is 4.19. The molecule has 0 heterocycles. The van der Waals surface area contributed by atoms with Gasteiger partial charge in [0.25, 0.3) is 5.91 Å². The Bertz CT molecular complexity index is 1090. The van der Waals surface area contributed by atoms with E-state index in [0.29, 0.717) is 11.0 Å². The molecule has 0 atom stereocenters. The van der Waals surface area contributed by atoms with Crippen LogP contribution in [0.1, 0.15) is 26.3 Å². The highest BCUT2D eigenvalue weighted by molar-refractivity contribution is 6.32. The van der Waals surface area contributed by atoms with Gasteiger partial charge < -0.3 is 10.1 Å². The number of ether oxygens (including phenoxy) is 1. The standard InChI is InChI=1S/C21H14BF4NO3/c22-13-8-4-7-12(9-13)21(29)30-19-17(25)15(23)14(16(24)18(19)26)20(28)27-10-11-5-2-1-3-6-11/h1-9H,10,22H2,(H,27,28). The summed E-state index contributed by atoms with van der Waals surface area (Å²) in [6.07, 6.45) is 0. The van der Waals surface area contributed by atoms with Crippen molar-refractivity contribution in [3.8, 4) is 5.75 Å². The lowest BCUT2D eigenvalue weighted by molar-refractivity contribution is 0.0717. The van der Waals surface area contributed by atoms with Crippen molar-refractivity contribution >= 4 is 25.2 Å². The van der Waals surface area contributed by atoms with E-state index in [-0.39, 0.29) is 12.1 Å². The molecule has 0 aliphatic heterocycles. The largest absolute Gasteiger partial charge is 0.416 e. The van der Waals surface area contributed by atoms with Crippen molar-refractivity contribution in [1.29, 1.82) is 0 Å². The van der Waals surface area contributed by atoms with Crippen LogP contribution in [0.4, 0.5) is 17.6 Å². The number of carbonyl (C=O) groups is 2. The maximum Gasteiger partial charge on any atom is 0.343 e. The molecule has 0 radical (unpaired) electrons. The molecule has 3 aromatic rings. The topological polar surface area (TPSA) is 55.4 Å². The quantitative estimate of drug-likeness (QED) is 0.229. The summed E-state index contributed by atoms with van der Waals surface area (Å²) in [4.78, 5) is 24.2. The molecule has 0 aromatic heterocycles. The van der Waals surface area contributed by atoms with Gasteiger partial charge in [0.05, 0.1) is 5.56 Å². The fourth-order valence-corrected chi connectivity index (χ4v) is 2.69. The maximum absolute atomic E-state index is 14.4. The van der Waals surface area contributed by atoms with Crippen molar-refractivity contribution in [2.75, 3.05) is 0 Å². The van der Waals surface area contributed by atoms with Crippen molar-refractivity contribution < 1.29 is 31.9 Å². The lowest BCUT2D eigenvalue weighted by atomic mass is 9.94. The number of rotatable bonds is 5. The van der Waals surface area contributed by atoms with Crippen LogP contribution in [0.25, 0.3) is 0 Å². The molecular weight excluding hydrogens is 401 g/mol. The van der Waals surface area contributed by atoms with E-state index in [0.717, 1.165) is 0 Å². The zero-order valence-corrected chi connectivity index (χ0v) is 15.6. The third-order valence-corrected chi connectivity index (χ3v) is 4.19. The van der Waals surface area contributed by atoms with E-state index < -0.39 is 46.5 Å². The number of hydrogen-bond donors (Lipinski definition) is 1. The number of carbonyl (C=O) groups excluding carboxylic acids is 2. The van der Waals surface area contributed by atoms with Gasteiger partial charge >= 0.3 is 5.97 Å². The Morgan fingerprint density at radius 2 is 1.50 bits per heavy atom. The molecule has 1 amide bonds. The summed E-state index contributed by atoms with van der Waals surface area (Å²) in [5, 5.41) is 2.18. The molecule has 0 aliphatic rings. The van der Waals surface area contributed by atoms with E-state index in [1.165, 1.54) is 18.2 Å². The Morgan fingerprint density at radius 3 is 2.10 bits per heavy atom. The zero-order chi connectivity index (χ0) is 21.8. The second-order valence-electron chi connectivity index (χ2n) is 6.39. The van der Waals surface area contributed by atoms with Gasteiger partial charge in [-0.15, -0.1) is 0 Å². The fraction of sp³-hybridized carbons (Fsp3) is 0.0476. The second kappa shape index (κ2) is 8.81. The summed E-state index contributed by atoms with van der Waals surface area (Å²) in [5.41, 5.74) is -0.250. The van der Waals surface area contributed by atoms with E-state index in [9.17, 15) is 27.2 Å². The van der Waals surface area contributed by atoms with Gasteiger partial charge in [0.1, 0.15) is 13.4 Å². The summed E-state index contributed by atoms with van der Waals surface area (Å²) in [6.45, 7) is -0.119. The molecule has 4 nitrogen and oxygen atoms in total. The van der Waals surface area contributed by atoms with Crippen molar-refractivity contribution in [3.05, 3.63) is 94.6 Å². The van der Waals surface area contributed by atoms with Gasteiger partial charge in [0, 0.05) is 6.54 Å². The van der Waals surface area contributed by atoms with Gasteiger partial charge in [-0.2, -0.15) is 8.78 Å². The van der Waals surface area contributed by atoms with Crippen LogP contribution in [-0.4, -0.2) is 19.7 Å². The Labute approximate surface area is 169 Å². The molecule has 3 aromatic carbocycles. The van der Waals surface area contributed by atoms with Crippen molar-refractivity contribution in [2.24, 2.45) is 0 Å². The summed E-state index contributed by atoms with van der Waals surface area (Å²) in [6, 6.07) is 14.2. The normalized spacial score (nSPS) is 10.5. The molecule has 152 valence electrons. The number of esters is 1. The van der Waals surface area contributed by atoms with Crippen LogP contribution >= 0.6 is 0 Å². The van der Waals surface area contributed by atoms with Crippen LogP contribution in [0.15, 0.2) is 54.6 Å². The van der Waals surface area contributed by atoms with Crippen LogP contribution in [0.5, 0.6) is 5.75 Å². The molecule has 0 fully saturated rings. The smallest absolute Gasteiger partial charge is 0.343 e. The SMILES string of the molecule is Bc1cccc(C(=O)Oc2c(F)c(F)c(C(=O)NCc3ccccc3)c(F)c2F)c1. The monoisotopic (exact) mass is 415 g/mol. The number of nitrogens with one attached hydrogen (secondary N) is 1. The van der Waals surface area contributed by atoms with Crippen molar-refractivity contribution in [1.82, 2.24) is 5.32 Å². The molecule has 0 saturated carbocycles. The minimum absolute atomic E-state index is 0.0701. The van der Waals surface area contributed by atoms with Crippen molar-refractivity contribution in [2.45, 2.75) is 6.54 Å². The highest BCUT2D eigenvalue weighted by Gasteiger charge is 2.31. The van der Waals surface area contributed by atoms with Gasteiger partial charge in [-0.1, -0.05) is 54.0 Å². The second-order valence-corrected chi connectivity index (χ2v) is 6.39. The average molecular weight is 415 g/mol. The van der Waals surface area contributed by atoms with Crippen LogP contribution < -0.4 is 15.5 Å². The summed E-state index contributed by atoms with van der Waals surface area (Å²) in [7, 11) is 1.67. The van der Waals surface area contributed by atoms with E-state index in [1.807, 2.05) is 0 Å². The Morgan fingerprint density at radius 1 is 0.867 bits per heavy atom. The minimum Gasteiger partial charge on any atom is -0.416 e. The maximum atomic E-state index is 14.4. The van der Waals surface area contributed by atoms with Crippen LogP contribution in [0.2, 0.25) is 0 Å². The van der Waals surface area contributed by atoms with Gasteiger partial charge in [-0.25, -0.2) is 13.6 Å². The summed E-state index contributed by atoms with van der Waals surface area (Å²) in [5.74, 6) is -12.0. The van der Waals surface area contributed by atoms with Crippen LogP contribution in [0, 0.1) is 23.3 Å². The van der Waals surface area contributed by atoms with E-state index in [1.54, 1.807) is 44.2 Å². The minimum atomic E-state index is -1.99. The van der Waals surface area contributed by atoms with E-state index >= 15 is 0 Å². The lowest BCUT2D eigenvalue weighted by Gasteiger charge is -2.12. The first-order valence-corrected chi connectivity index (χ1v) is 8.76. The van der Waals surface area contributed by atoms with E-state index in [4.69, 9.17) is 0 Å². The number of amides is 1. The molecular formula is C21H14BF4NO3. The van der Waals surface area contributed by atoms with E-state index in [2.05, 4.69) is 10.1 Å². The van der Waals surface area contributed by atoms with Crippen molar-refractivity contribution in [3.63, 3.8) is 0 Å². The average Bonchev–Trinajstić information content (AvgIpc) is 2.74. The first-order chi connectivity index (χ1) is 14.3. The first-order valence-electron chi connectivity index (χ1n) is 8.76. The lowest BCUT2D eigenvalue weighted by Crippen LogP contribution is -2.26. The number of hydrogen-bond acceptors (Lipinski definition) is 3. The van der Waals surface area contributed by atoms with Gasteiger partial charge in [-0.05, 0) is 11.6 Å². The molecule has 3 rings (SSSR count). The van der Waals surface area contributed by atoms with Gasteiger partial charge in [-0.3, -0.25) is 4.79 Å². The zero-order valence-electron chi connectivity index (χ0n) is 15.6. The molecule has 0 saturated heterocycles. The summed E-state index contributed by atoms with van der Waals surface area (Å²) >= 11 is 0. The Hall–Kier alpha value is -3.62. The molecule has 0 spiro atoms. The summed E-state index contributed by atoms with van der Waals surface area (Å²) < 4.78 is 62.0. The molecule has 0 bridgehead atoms.